The molecule has 9 heteroatoms. The third kappa shape index (κ3) is 6.89. The van der Waals surface area contributed by atoms with Crippen LogP contribution < -0.4 is 4.74 Å². The van der Waals surface area contributed by atoms with Crippen LogP contribution in [0.2, 0.25) is 5.02 Å². The van der Waals surface area contributed by atoms with E-state index < -0.39 is 33.9 Å². The number of hydrogen-bond donors (Lipinski definition) is 0. The lowest BCUT2D eigenvalue weighted by Crippen LogP contribution is -2.47. The fourth-order valence-corrected chi connectivity index (χ4v) is 4.95. The summed E-state index contributed by atoms with van der Waals surface area (Å²) in [6.07, 6.45) is 0.403. The van der Waals surface area contributed by atoms with Crippen molar-refractivity contribution in [3.63, 3.8) is 0 Å². The largest absolute Gasteiger partial charge is 0.476 e. The Morgan fingerprint density at radius 2 is 1.86 bits per heavy atom. The first kappa shape index (κ1) is 23.5. The van der Waals surface area contributed by atoms with Gasteiger partial charge in [0.2, 0.25) is 0 Å². The third-order valence-electron chi connectivity index (χ3n) is 4.54. The molecule has 0 aliphatic carbocycles. The Kier molecular flexibility index (Phi) is 7.56. The molecule has 0 bridgehead atoms. The third-order valence-corrected chi connectivity index (χ3v) is 6.54. The lowest BCUT2D eigenvalue weighted by Gasteiger charge is -2.30. The van der Waals surface area contributed by atoms with Gasteiger partial charge in [-0.15, -0.1) is 0 Å². The average Bonchev–Trinajstić information content (AvgIpc) is 2.98. The van der Waals surface area contributed by atoms with Gasteiger partial charge in [-0.1, -0.05) is 25.4 Å². The highest BCUT2D eigenvalue weighted by molar-refractivity contribution is 7.91. The van der Waals surface area contributed by atoms with Crippen LogP contribution in [0.5, 0.6) is 5.75 Å². The summed E-state index contributed by atoms with van der Waals surface area (Å²) in [4.78, 5) is 26.7. The van der Waals surface area contributed by atoms with Gasteiger partial charge >= 0.3 is 5.97 Å². The summed E-state index contributed by atoms with van der Waals surface area (Å²) in [5, 5.41) is 0.544. The molecule has 0 radical (unpaired) electrons. The van der Waals surface area contributed by atoms with Crippen LogP contribution in [-0.2, 0) is 24.2 Å². The Morgan fingerprint density at radius 1 is 1.24 bits per heavy atom. The van der Waals surface area contributed by atoms with E-state index in [0.29, 0.717) is 23.7 Å². The summed E-state index contributed by atoms with van der Waals surface area (Å²) < 4.78 is 34.5. The number of sulfone groups is 1. The van der Waals surface area contributed by atoms with Gasteiger partial charge in [0.15, 0.2) is 22.0 Å². The van der Waals surface area contributed by atoms with Gasteiger partial charge in [-0.3, -0.25) is 4.79 Å². The number of carbonyl (C=O) groups excluding carboxylic acids is 2. The van der Waals surface area contributed by atoms with E-state index in [1.807, 2.05) is 13.8 Å². The molecular formula is C20H28ClNO6S. The number of rotatable bonds is 8. The first-order valence-corrected chi connectivity index (χ1v) is 11.7. The van der Waals surface area contributed by atoms with Crippen LogP contribution in [0.1, 0.15) is 34.1 Å². The number of amides is 1. The maximum atomic E-state index is 12.7. The lowest BCUT2D eigenvalue weighted by atomic mass is 10.1. The second kappa shape index (κ2) is 9.34. The van der Waals surface area contributed by atoms with Crippen LogP contribution in [0.3, 0.4) is 0 Å². The van der Waals surface area contributed by atoms with Gasteiger partial charge < -0.3 is 14.4 Å². The van der Waals surface area contributed by atoms with E-state index in [0.717, 1.165) is 0 Å². The molecular weight excluding hydrogens is 418 g/mol. The van der Waals surface area contributed by atoms with Gasteiger partial charge in [0.05, 0.1) is 11.5 Å². The number of benzene rings is 1. The smallest absolute Gasteiger partial charge is 0.350 e. The van der Waals surface area contributed by atoms with Crippen molar-refractivity contribution in [3.8, 4) is 5.75 Å². The van der Waals surface area contributed by atoms with Crippen molar-refractivity contribution in [2.75, 3.05) is 24.7 Å². The van der Waals surface area contributed by atoms with Gasteiger partial charge in [-0.2, -0.15) is 0 Å². The van der Waals surface area contributed by atoms with Crippen molar-refractivity contribution in [2.24, 2.45) is 5.92 Å². The first-order chi connectivity index (χ1) is 13.4. The molecule has 1 aromatic rings. The number of halogens is 1. The summed E-state index contributed by atoms with van der Waals surface area (Å²) in [6, 6.07) is 6.16. The molecule has 0 spiro atoms. The van der Waals surface area contributed by atoms with Crippen LogP contribution >= 0.6 is 11.6 Å². The van der Waals surface area contributed by atoms with Crippen molar-refractivity contribution in [2.45, 2.75) is 45.8 Å². The van der Waals surface area contributed by atoms with Crippen molar-refractivity contribution in [3.05, 3.63) is 29.3 Å². The first-order valence-electron chi connectivity index (χ1n) is 9.51. The molecule has 1 amide bonds. The molecule has 0 saturated carbocycles. The second-order valence-electron chi connectivity index (χ2n) is 8.14. The minimum Gasteiger partial charge on any atom is -0.476 e. The number of ether oxygens (including phenoxy) is 2. The maximum absolute atomic E-state index is 12.7. The second-order valence-corrected chi connectivity index (χ2v) is 10.8. The molecule has 1 unspecified atom stereocenters. The zero-order valence-electron chi connectivity index (χ0n) is 17.2. The molecule has 0 aromatic heterocycles. The molecule has 29 heavy (non-hydrogen) atoms. The average molecular weight is 446 g/mol. The molecule has 1 aliphatic rings. The highest BCUT2D eigenvalue weighted by atomic mass is 35.5. The van der Waals surface area contributed by atoms with E-state index in [1.165, 1.54) is 4.90 Å². The normalized spacial score (nSPS) is 18.5. The Balaban J connectivity index is 1.98. The SMILES string of the molecule is CC(C)CN(C(=O)COC(=O)C(C)(C)Oc1ccc(Cl)cc1)C1CCS(=O)(=O)C1. The predicted octanol–water partition coefficient (Wildman–Crippen LogP) is 2.71. The van der Waals surface area contributed by atoms with E-state index in [2.05, 4.69) is 0 Å². The topological polar surface area (TPSA) is 90.0 Å². The zero-order chi connectivity index (χ0) is 21.8. The summed E-state index contributed by atoms with van der Waals surface area (Å²) >= 11 is 5.84. The number of nitrogens with zero attached hydrogens (tertiary/aromatic N) is 1. The molecule has 1 aliphatic heterocycles. The summed E-state index contributed by atoms with van der Waals surface area (Å²) in [6.45, 7) is 6.92. The van der Waals surface area contributed by atoms with E-state index >= 15 is 0 Å². The summed E-state index contributed by atoms with van der Waals surface area (Å²) in [5.74, 6) is -0.477. The fourth-order valence-electron chi connectivity index (χ4n) is 3.09. The highest BCUT2D eigenvalue weighted by Gasteiger charge is 2.37. The van der Waals surface area contributed by atoms with Gasteiger partial charge in [0.25, 0.3) is 5.91 Å². The standard InChI is InChI=1S/C20H28ClNO6S/c1-14(2)11-22(16-9-10-29(25,26)13-16)18(23)12-27-19(24)20(3,4)28-17-7-5-15(21)6-8-17/h5-8,14,16H,9-13H2,1-4H3. The predicted molar refractivity (Wildman–Crippen MR) is 111 cm³/mol. The summed E-state index contributed by atoms with van der Waals surface area (Å²) in [5.41, 5.74) is -1.31. The molecule has 162 valence electrons. The fraction of sp³-hybridized carbons (Fsp3) is 0.600. The van der Waals surface area contributed by atoms with E-state index in [-0.39, 0.29) is 23.5 Å². The zero-order valence-corrected chi connectivity index (χ0v) is 18.8. The van der Waals surface area contributed by atoms with E-state index in [4.69, 9.17) is 21.1 Å². The van der Waals surface area contributed by atoms with Crippen LogP contribution in [0.4, 0.5) is 0 Å². The van der Waals surface area contributed by atoms with Crippen LogP contribution in [-0.4, -0.2) is 61.5 Å². The van der Waals surface area contributed by atoms with Gasteiger partial charge in [-0.05, 0) is 50.5 Å². The molecule has 1 fully saturated rings. The quantitative estimate of drug-likeness (QED) is 0.571. The number of esters is 1. The minimum atomic E-state index is -3.13. The maximum Gasteiger partial charge on any atom is 0.350 e. The summed E-state index contributed by atoms with van der Waals surface area (Å²) in [7, 11) is -3.13. The Morgan fingerprint density at radius 3 is 2.38 bits per heavy atom. The Labute approximate surface area is 177 Å². The molecule has 2 rings (SSSR count). The highest BCUT2D eigenvalue weighted by Crippen LogP contribution is 2.22. The van der Waals surface area contributed by atoms with Crippen molar-refractivity contribution < 1.29 is 27.5 Å². The van der Waals surface area contributed by atoms with Crippen LogP contribution in [0, 0.1) is 5.92 Å². The molecule has 1 saturated heterocycles. The molecule has 7 nitrogen and oxygen atoms in total. The molecule has 1 heterocycles. The lowest BCUT2D eigenvalue weighted by molar-refractivity contribution is -0.164. The van der Waals surface area contributed by atoms with Crippen molar-refractivity contribution in [1.82, 2.24) is 4.90 Å². The minimum absolute atomic E-state index is 0.0510. The monoisotopic (exact) mass is 445 g/mol. The number of hydrogen-bond acceptors (Lipinski definition) is 6. The molecule has 1 atom stereocenters. The van der Waals surface area contributed by atoms with Crippen molar-refractivity contribution in [1.29, 1.82) is 0 Å². The van der Waals surface area contributed by atoms with Crippen LogP contribution in [0.25, 0.3) is 0 Å². The van der Waals surface area contributed by atoms with Crippen LogP contribution in [0.15, 0.2) is 24.3 Å². The molecule has 0 N–H and O–H groups in total. The van der Waals surface area contributed by atoms with E-state index in [1.54, 1.807) is 38.1 Å². The Hall–Kier alpha value is -1.80. The van der Waals surface area contributed by atoms with Crippen molar-refractivity contribution >= 4 is 33.3 Å². The molecule has 1 aromatic carbocycles. The number of carbonyl (C=O) groups is 2. The Bertz CT molecular complexity index is 835. The van der Waals surface area contributed by atoms with Gasteiger partial charge in [0, 0.05) is 17.6 Å². The van der Waals surface area contributed by atoms with E-state index in [9.17, 15) is 18.0 Å². The van der Waals surface area contributed by atoms with Gasteiger partial charge in [-0.25, -0.2) is 13.2 Å². The van der Waals surface area contributed by atoms with Gasteiger partial charge in [0.1, 0.15) is 5.75 Å².